The van der Waals surface area contributed by atoms with Crippen LogP contribution in [-0.2, 0) is 12.8 Å². The number of aromatic hydroxyl groups is 1. The number of likely N-dealkylation sites (N-methyl/N-ethyl adjacent to an activating group) is 1. The minimum absolute atomic E-state index is 0.0828. The van der Waals surface area contributed by atoms with Crippen LogP contribution in [0.3, 0.4) is 0 Å². The highest BCUT2D eigenvalue weighted by Crippen LogP contribution is 2.54. The fourth-order valence-electron chi connectivity index (χ4n) is 5.04. The summed E-state index contributed by atoms with van der Waals surface area (Å²) in [6.45, 7) is 1.42. The van der Waals surface area contributed by atoms with E-state index in [0.29, 0.717) is 6.61 Å². The Hall–Kier alpha value is -3.31. The molecule has 1 unspecified atom stereocenters. The van der Waals surface area contributed by atoms with Crippen molar-refractivity contribution in [3.8, 4) is 11.5 Å². The largest absolute Gasteiger partial charge is 0.508 e. The number of phenolic OH excluding ortho intramolecular Hbond substituents is 1. The first-order valence-corrected chi connectivity index (χ1v) is 11.7. The van der Waals surface area contributed by atoms with Gasteiger partial charge in [0.25, 0.3) is 5.91 Å². The molecule has 1 fully saturated rings. The summed E-state index contributed by atoms with van der Waals surface area (Å²) in [6.07, 6.45) is 3.50. The molecule has 1 aliphatic carbocycles. The number of fused-ring (bicyclic) bond motifs is 1. The molecule has 1 spiro atoms. The van der Waals surface area contributed by atoms with Gasteiger partial charge in [-0.15, -0.1) is 0 Å². The van der Waals surface area contributed by atoms with E-state index in [2.05, 4.69) is 22.3 Å². The Bertz CT molecular complexity index is 1120. The molecule has 2 aliphatic rings. The Morgan fingerprint density at radius 2 is 1.85 bits per heavy atom. The number of phenols is 1. The SMILES string of the molecule is CNCCOc1ccc(CC2c3ccc(O)cc3CC3(CC3)N2C(=O)c2ccccc2)cc1. The van der Waals surface area contributed by atoms with Crippen molar-refractivity contribution in [2.75, 3.05) is 20.2 Å². The zero-order valence-electron chi connectivity index (χ0n) is 19.0. The van der Waals surface area contributed by atoms with Crippen LogP contribution in [0.1, 0.15) is 45.9 Å². The fraction of sp³-hybridized carbons (Fsp3) is 0.321. The van der Waals surface area contributed by atoms with Gasteiger partial charge in [-0.2, -0.15) is 0 Å². The van der Waals surface area contributed by atoms with Gasteiger partial charge >= 0.3 is 0 Å². The van der Waals surface area contributed by atoms with Crippen molar-refractivity contribution >= 4 is 5.91 Å². The van der Waals surface area contributed by atoms with Crippen LogP contribution < -0.4 is 10.1 Å². The molecule has 5 nitrogen and oxygen atoms in total. The lowest BCUT2D eigenvalue weighted by molar-refractivity contribution is 0.0486. The van der Waals surface area contributed by atoms with Crippen LogP contribution in [0.2, 0.25) is 0 Å². The number of nitrogens with zero attached hydrogens (tertiary/aromatic N) is 1. The lowest BCUT2D eigenvalue weighted by atomic mass is 9.83. The summed E-state index contributed by atoms with van der Waals surface area (Å²) in [6, 6.07) is 23.3. The summed E-state index contributed by atoms with van der Waals surface area (Å²) in [7, 11) is 1.91. The molecule has 1 atom stereocenters. The molecule has 2 N–H and O–H groups in total. The second-order valence-electron chi connectivity index (χ2n) is 9.14. The molecule has 5 heteroatoms. The van der Waals surface area contributed by atoms with Crippen LogP contribution in [0.25, 0.3) is 0 Å². The Morgan fingerprint density at radius 1 is 1.09 bits per heavy atom. The highest BCUT2D eigenvalue weighted by Gasteiger charge is 2.55. The van der Waals surface area contributed by atoms with Crippen LogP contribution in [0.4, 0.5) is 0 Å². The van der Waals surface area contributed by atoms with E-state index in [4.69, 9.17) is 4.74 Å². The van der Waals surface area contributed by atoms with Gasteiger partial charge in [-0.1, -0.05) is 36.4 Å². The Morgan fingerprint density at radius 3 is 2.55 bits per heavy atom. The summed E-state index contributed by atoms with van der Waals surface area (Å²) in [4.78, 5) is 15.9. The van der Waals surface area contributed by atoms with Crippen LogP contribution in [0.5, 0.6) is 11.5 Å². The molecule has 1 aliphatic heterocycles. The lowest BCUT2D eigenvalue weighted by Gasteiger charge is -2.44. The smallest absolute Gasteiger partial charge is 0.254 e. The van der Waals surface area contributed by atoms with Gasteiger partial charge < -0.3 is 20.1 Å². The summed E-state index contributed by atoms with van der Waals surface area (Å²) in [5.74, 6) is 1.22. The summed E-state index contributed by atoms with van der Waals surface area (Å²) >= 11 is 0. The van der Waals surface area contributed by atoms with E-state index in [0.717, 1.165) is 60.2 Å². The molecular weight excluding hydrogens is 412 g/mol. The molecule has 170 valence electrons. The summed E-state index contributed by atoms with van der Waals surface area (Å²) in [5, 5.41) is 13.2. The first-order valence-electron chi connectivity index (χ1n) is 11.7. The van der Waals surface area contributed by atoms with Crippen LogP contribution in [0, 0.1) is 0 Å². The average Bonchev–Trinajstić information content (AvgIpc) is 3.59. The first kappa shape index (κ1) is 21.5. The van der Waals surface area contributed by atoms with Crippen molar-refractivity contribution in [3.05, 3.63) is 95.1 Å². The van der Waals surface area contributed by atoms with E-state index in [1.165, 1.54) is 0 Å². The van der Waals surface area contributed by atoms with Crippen molar-refractivity contribution in [2.24, 2.45) is 0 Å². The van der Waals surface area contributed by atoms with E-state index in [9.17, 15) is 9.90 Å². The van der Waals surface area contributed by atoms with Gasteiger partial charge in [-0.25, -0.2) is 0 Å². The zero-order chi connectivity index (χ0) is 22.8. The van der Waals surface area contributed by atoms with Gasteiger partial charge in [0.1, 0.15) is 18.1 Å². The van der Waals surface area contributed by atoms with Gasteiger partial charge in [-0.05, 0) is 85.8 Å². The number of benzene rings is 3. The van der Waals surface area contributed by atoms with E-state index in [1.54, 1.807) is 6.07 Å². The molecular formula is C28H30N2O3. The van der Waals surface area contributed by atoms with Gasteiger partial charge in [-0.3, -0.25) is 4.79 Å². The molecule has 1 saturated carbocycles. The first-order chi connectivity index (χ1) is 16.1. The van der Waals surface area contributed by atoms with E-state index >= 15 is 0 Å². The van der Waals surface area contributed by atoms with Crippen LogP contribution in [0.15, 0.2) is 72.8 Å². The van der Waals surface area contributed by atoms with Crippen LogP contribution >= 0.6 is 0 Å². The number of nitrogens with one attached hydrogen (secondary N) is 1. The molecule has 1 amide bonds. The van der Waals surface area contributed by atoms with Crippen molar-refractivity contribution in [1.29, 1.82) is 0 Å². The predicted octanol–water partition coefficient (Wildman–Crippen LogP) is 4.51. The third-order valence-corrected chi connectivity index (χ3v) is 6.87. The van der Waals surface area contributed by atoms with Gasteiger partial charge in [0.15, 0.2) is 0 Å². The second-order valence-corrected chi connectivity index (χ2v) is 9.14. The van der Waals surface area contributed by atoms with E-state index in [-0.39, 0.29) is 23.2 Å². The minimum Gasteiger partial charge on any atom is -0.508 e. The number of hydrogen-bond acceptors (Lipinski definition) is 4. The van der Waals surface area contributed by atoms with Gasteiger partial charge in [0.05, 0.1) is 6.04 Å². The third kappa shape index (κ3) is 4.33. The number of amides is 1. The lowest BCUT2D eigenvalue weighted by Crippen LogP contribution is -2.49. The Labute approximate surface area is 195 Å². The maximum Gasteiger partial charge on any atom is 0.254 e. The number of carbonyl (C=O) groups excluding carboxylic acids is 1. The molecule has 1 heterocycles. The molecule has 0 saturated heterocycles. The Balaban J connectivity index is 1.48. The average molecular weight is 443 g/mol. The maximum atomic E-state index is 13.8. The van der Waals surface area contributed by atoms with Gasteiger partial charge in [0, 0.05) is 17.6 Å². The quantitative estimate of drug-likeness (QED) is 0.529. The van der Waals surface area contributed by atoms with Crippen molar-refractivity contribution in [1.82, 2.24) is 10.2 Å². The maximum absolute atomic E-state index is 13.8. The summed E-state index contributed by atoms with van der Waals surface area (Å²) in [5.41, 5.74) is 4.01. The molecule has 0 radical (unpaired) electrons. The third-order valence-electron chi connectivity index (χ3n) is 6.87. The molecule has 0 aromatic heterocycles. The molecule has 0 bridgehead atoms. The van der Waals surface area contributed by atoms with Crippen molar-refractivity contribution in [3.63, 3.8) is 0 Å². The van der Waals surface area contributed by atoms with E-state index in [1.807, 2.05) is 61.6 Å². The standard InChI is InChI=1S/C28H30N2O3/c1-29-15-16-33-24-10-7-20(8-11-24)17-26-25-12-9-23(31)18-22(25)19-28(13-14-28)30(26)27(32)21-5-3-2-4-6-21/h2-12,18,26,29,31H,13-17,19H2,1H3. The topological polar surface area (TPSA) is 61.8 Å². The number of carbonyl (C=O) groups is 1. The van der Waals surface area contributed by atoms with Crippen molar-refractivity contribution < 1.29 is 14.6 Å². The highest BCUT2D eigenvalue weighted by atomic mass is 16.5. The van der Waals surface area contributed by atoms with E-state index < -0.39 is 0 Å². The number of hydrogen-bond donors (Lipinski definition) is 2. The minimum atomic E-state index is -0.158. The molecule has 3 aromatic rings. The number of ether oxygens (including phenoxy) is 1. The van der Waals surface area contributed by atoms with Gasteiger partial charge in [0.2, 0.25) is 0 Å². The van der Waals surface area contributed by atoms with Crippen molar-refractivity contribution in [2.45, 2.75) is 37.3 Å². The normalized spacial score (nSPS) is 18.1. The summed E-state index contributed by atoms with van der Waals surface area (Å²) < 4.78 is 5.77. The predicted molar refractivity (Wildman–Crippen MR) is 129 cm³/mol. The monoisotopic (exact) mass is 442 g/mol. The molecule has 3 aromatic carbocycles. The number of rotatable bonds is 7. The second kappa shape index (κ2) is 8.91. The fourth-order valence-corrected chi connectivity index (χ4v) is 5.04. The molecule has 33 heavy (non-hydrogen) atoms. The van der Waals surface area contributed by atoms with Crippen LogP contribution in [-0.4, -0.2) is 41.7 Å². The highest BCUT2D eigenvalue weighted by molar-refractivity contribution is 5.95. The molecule has 5 rings (SSSR count). The Kier molecular flexibility index (Phi) is 5.81. The zero-order valence-corrected chi connectivity index (χ0v) is 19.0.